The van der Waals surface area contributed by atoms with Crippen LogP contribution in [0.25, 0.3) is 0 Å². The minimum absolute atomic E-state index is 0.131. The molecule has 23 heavy (non-hydrogen) atoms. The predicted molar refractivity (Wildman–Crippen MR) is 83.5 cm³/mol. The van der Waals surface area contributed by atoms with Crippen LogP contribution in [-0.4, -0.2) is 29.1 Å². The van der Waals surface area contributed by atoms with Crippen molar-refractivity contribution in [3.63, 3.8) is 0 Å². The van der Waals surface area contributed by atoms with Crippen LogP contribution in [-0.2, 0) is 4.79 Å². The zero-order valence-electron chi connectivity index (χ0n) is 12.2. The first-order valence-electron chi connectivity index (χ1n) is 6.88. The quantitative estimate of drug-likeness (QED) is 0.874. The molecule has 1 aliphatic heterocycles. The van der Waals surface area contributed by atoms with E-state index in [1.54, 1.807) is 42.5 Å². The number of hydrogen-bond acceptors (Lipinski definition) is 4. The minimum atomic E-state index is -1.44. The number of rotatable bonds is 3. The minimum Gasteiger partial charge on any atom is -0.485 e. The van der Waals surface area contributed by atoms with Crippen molar-refractivity contribution in [2.75, 3.05) is 6.61 Å². The topological polar surface area (TPSA) is 72.8 Å². The van der Waals surface area contributed by atoms with E-state index in [2.05, 4.69) is 0 Å². The second-order valence-electron chi connectivity index (χ2n) is 5.42. The molecule has 1 heterocycles. The Bertz CT molecular complexity index is 784. The molecule has 2 aromatic rings. The molecule has 0 spiro atoms. The van der Waals surface area contributed by atoms with E-state index in [-0.39, 0.29) is 12.4 Å². The Labute approximate surface area is 137 Å². The Morgan fingerprint density at radius 1 is 1.09 bits per heavy atom. The molecule has 1 atom stereocenters. The maximum Gasteiger partial charge on any atom is 0.351 e. The Balaban J connectivity index is 1.89. The number of carboxylic acid groups (broad SMARTS) is 1. The average molecular weight is 333 g/mol. The SMILES string of the molecule is CC1(C(=O)O)COc2cc(C(=O)c3ccc(Cl)cc3)ccc2O1. The van der Waals surface area contributed by atoms with Crippen LogP contribution in [0.3, 0.4) is 0 Å². The van der Waals surface area contributed by atoms with E-state index in [1.165, 1.54) is 6.92 Å². The second-order valence-corrected chi connectivity index (χ2v) is 5.86. The number of carbonyl (C=O) groups is 2. The van der Waals surface area contributed by atoms with Crippen LogP contribution in [0.2, 0.25) is 5.02 Å². The number of hydrogen-bond donors (Lipinski definition) is 1. The lowest BCUT2D eigenvalue weighted by molar-refractivity contribution is -0.158. The molecule has 0 bridgehead atoms. The number of carbonyl (C=O) groups excluding carboxylic acids is 1. The van der Waals surface area contributed by atoms with Gasteiger partial charge < -0.3 is 14.6 Å². The van der Waals surface area contributed by atoms with E-state index in [4.69, 9.17) is 26.2 Å². The van der Waals surface area contributed by atoms with Gasteiger partial charge in [0.1, 0.15) is 6.61 Å². The summed E-state index contributed by atoms with van der Waals surface area (Å²) in [4.78, 5) is 23.6. The summed E-state index contributed by atoms with van der Waals surface area (Å²) >= 11 is 5.81. The van der Waals surface area contributed by atoms with Crippen molar-refractivity contribution in [2.24, 2.45) is 0 Å². The lowest BCUT2D eigenvalue weighted by Gasteiger charge is -2.32. The third-order valence-corrected chi connectivity index (χ3v) is 3.86. The third-order valence-electron chi connectivity index (χ3n) is 3.60. The molecule has 0 aliphatic carbocycles. The third kappa shape index (κ3) is 2.87. The lowest BCUT2D eigenvalue weighted by atomic mass is 10.0. The summed E-state index contributed by atoms with van der Waals surface area (Å²) in [6.07, 6.45) is 0. The Kier molecular flexibility index (Phi) is 3.74. The van der Waals surface area contributed by atoms with Gasteiger partial charge in [-0.1, -0.05) is 11.6 Å². The zero-order valence-corrected chi connectivity index (χ0v) is 13.0. The van der Waals surface area contributed by atoms with Gasteiger partial charge in [-0.2, -0.15) is 0 Å². The van der Waals surface area contributed by atoms with Gasteiger partial charge in [0.2, 0.25) is 5.60 Å². The fourth-order valence-electron chi connectivity index (χ4n) is 2.21. The Morgan fingerprint density at radius 3 is 2.39 bits per heavy atom. The van der Waals surface area contributed by atoms with Crippen molar-refractivity contribution < 1.29 is 24.2 Å². The maximum atomic E-state index is 12.4. The first-order valence-corrected chi connectivity index (χ1v) is 7.26. The van der Waals surface area contributed by atoms with Crippen LogP contribution in [0.15, 0.2) is 42.5 Å². The molecule has 1 N–H and O–H groups in total. The first-order chi connectivity index (χ1) is 10.9. The molecule has 0 fully saturated rings. The van der Waals surface area contributed by atoms with Gasteiger partial charge in [0, 0.05) is 16.1 Å². The molecule has 0 radical (unpaired) electrons. The summed E-state index contributed by atoms with van der Waals surface area (Å²) in [5, 5.41) is 9.72. The average Bonchev–Trinajstić information content (AvgIpc) is 2.54. The highest BCUT2D eigenvalue weighted by Gasteiger charge is 2.40. The highest BCUT2D eigenvalue weighted by molar-refractivity contribution is 6.30. The molecule has 3 rings (SSSR count). The van der Waals surface area contributed by atoms with Gasteiger partial charge in [0.15, 0.2) is 17.3 Å². The number of ketones is 1. The van der Waals surface area contributed by atoms with Gasteiger partial charge >= 0.3 is 5.97 Å². The number of aliphatic carboxylic acids is 1. The first kappa shape index (κ1) is 15.4. The summed E-state index contributed by atoms with van der Waals surface area (Å²) in [7, 11) is 0. The van der Waals surface area contributed by atoms with Crippen molar-refractivity contribution in [3.05, 3.63) is 58.6 Å². The van der Waals surface area contributed by atoms with Crippen LogP contribution in [0.4, 0.5) is 0 Å². The van der Waals surface area contributed by atoms with E-state index in [0.717, 1.165) is 0 Å². The van der Waals surface area contributed by atoms with E-state index >= 15 is 0 Å². The summed E-state index contributed by atoms with van der Waals surface area (Å²) in [5.41, 5.74) is -0.510. The normalized spacial score (nSPS) is 19.2. The lowest BCUT2D eigenvalue weighted by Crippen LogP contribution is -2.49. The second kappa shape index (κ2) is 5.59. The molecule has 2 aromatic carbocycles. The fraction of sp³-hybridized carbons (Fsp3) is 0.176. The molecule has 0 saturated carbocycles. The summed E-state index contributed by atoms with van der Waals surface area (Å²) < 4.78 is 11.0. The van der Waals surface area contributed by atoms with Crippen LogP contribution in [0.5, 0.6) is 11.5 Å². The van der Waals surface area contributed by atoms with E-state index in [1.807, 2.05) is 0 Å². The Morgan fingerprint density at radius 2 is 1.74 bits per heavy atom. The molecule has 5 nitrogen and oxygen atoms in total. The molecule has 0 saturated heterocycles. The predicted octanol–water partition coefficient (Wildman–Crippen LogP) is 3.19. The number of fused-ring (bicyclic) bond motifs is 1. The molecular formula is C17H13ClO5. The molecular weight excluding hydrogens is 320 g/mol. The van der Waals surface area contributed by atoms with Gasteiger partial charge in [-0.3, -0.25) is 4.79 Å². The highest BCUT2D eigenvalue weighted by atomic mass is 35.5. The monoisotopic (exact) mass is 332 g/mol. The number of carboxylic acids is 1. The molecule has 6 heteroatoms. The standard InChI is InChI=1S/C17H13ClO5/c1-17(16(20)21)9-22-14-8-11(4-7-13(14)23-17)15(19)10-2-5-12(18)6-3-10/h2-8H,9H2,1H3,(H,20,21). The largest absolute Gasteiger partial charge is 0.485 e. The summed E-state index contributed by atoms with van der Waals surface area (Å²) in [6, 6.07) is 11.2. The van der Waals surface area contributed by atoms with Gasteiger partial charge in [-0.15, -0.1) is 0 Å². The van der Waals surface area contributed by atoms with Crippen LogP contribution in [0, 0.1) is 0 Å². The summed E-state index contributed by atoms with van der Waals surface area (Å²) in [6.45, 7) is 1.30. The summed E-state index contributed by atoms with van der Waals surface area (Å²) in [5.74, 6) is -0.638. The smallest absolute Gasteiger partial charge is 0.351 e. The van der Waals surface area contributed by atoms with Gasteiger partial charge in [0.25, 0.3) is 0 Å². The van der Waals surface area contributed by atoms with E-state index in [9.17, 15) is 9.59 Å². The molecule has 118 valence electrons. The van der Waals surface area contributed by atoms with Crippen molar-refractivity contribution in [1.82, 2.24) is 0 Å². The van der Waals surface area contributed by atoms with Crippen molar-refractivity contribution in [1.29, 1.82) is 0 Å². The Hall–Kier alpha value is -2.53. The van der Waals surface area contributed by atoms with Crippen LogP contribution >= 0.6 is 11.6 Å². The van der Waals surface area contributed by atoms with Gasteiger partial charge in [0.05, 0.1) is 0 Å². The number of benzene rings is 2. The van der Waals surface area contributed by atoms with E-state index in [0.29, 0.717) is 27.6 Å². The zero-order chi connectivity index (χ0) is 16.6. The van der Waals surface area contributed by atoms with Crippen LogP contribution in [0.1, 0.15) is 22.8 Å². The molecule has 0 amide bonds. The maximum absolute atomic E-state index is 12.4. The van der Waals surface area contributed by atoms with Gasteiger partial charge in [-0.25, -0.2) is 4.79 Å². The highest BCUT2D eigenvalue weighted by Crippen LogP contribution is 2.36. The number of ether oxygens (including phenoxy) is 2. The van der Waals surface area contributed by atoms with Crippen molar-refractivity contribution >= 4 is 23.4 Å². The fourth-order valence-corrected chi connectivity index (χ4v) is 2.33. The van der Waals surface area contributed by atoms with Crippen molar-refractivity contribution in [3.8, 4) is 11.5 Å². The van der Waals surface area contributed by atoms with Gasteiger partial charge in [-0.05, 0) is 49.4 Å². The number of halogens is 1. The van der Waals surface area contributed by atoms with E-state index < -0.39 is 11.6 Å². The molecule has 1 aliphatic rings. The van der Waals surface area contributed by atoms with Crippen molar-refractivity contribution in [2.45, 2.75) is 12.5 Å². The molecule has 1 unspecified atom stereocenters. The molecule has 0 aromatic heterocycles. The van der Waals surface area contributed by atoms with Crippen LogP contribution < -0.4 is 9.47 Å².